The van der Waals surface area contributed by atoms with Gasteiger partial charge in [-0.05, 0) is 37.5 Å². The number of benzene rings is 1. The topological polar surface area (TPSA) is 118 Å². The van der Waals surface area contributed by atoms with Gasteiger partial charge in [-0.15, -0.1) is 0 Å². The fourth-order valence-corrected chi connectivity index (χ4v) is 2.92. The van der Waals surface area contributed by atoms with Crippen LogP contribution in [-0.2, 0) is 10.0 Å². The summed E-state index contributed by atoms with van der Waals surface area (Å²) in [6.45, 7) is 1.68. The number of hydrogen-bond donors (Lipinski definition) is 4. The summed E-state index contributed by atoms with van der Waals surface area (Å²) < 4.78 is 22.9. The zero-order valence-electron chi connectivity index (χ0n) is 10.1. The highest BCUT2D eigenvalue weighted by molar-refractivity contribution is 7.89. The molecule has 1 aliphatic rings. The van der Waals surface area contributed by atoms with Crippen LogP contribution in [0.4, 0.5) is 11.4 Å². The smallest absolute Gasteiger partial charge is 0.238 e. The number of nitrogen functional groups attached to an aromatic ring is 1. The molecule has 7 heteroatoms. The van der Waals surface area contributed by atoms with Crippen LogP contribution < -0.4 is 16.2 Å². The second-order valence-electron chi connectivity index (χ2n) is 4.70. The number of hydrogen-bond acceptors (Lipinski definition) is 5. The van der Waals surface area contributed by atoms with Crippen LogP contribution in [0, 0.1) is 6.92 Å². The molecule has 0 amide bonds. The van der Waals surface area contributed by atoms with Crippen LogP contribution >= 0.6 is 0 Å². The maximum Gasteiger partial charge on any atom is 0.238 e. The maximum atomic E-state index is 11.4. The van der Waals surface area contributed by atoms with Gasteiger partial charge in [0, 0.05) is 17.4 Å². The molecule has 0 unspecified atom stereocenters. The molecular weight excluding hydrogens is 254 g/mol. The van der Waals surface area contributed by atoms with Crippen molar-refractivity contribution in [1.29, 1.82) is 0 Å². The average molecular weight is 271 g/mol. The Kier molecular flexibility index (Phi) is 3.22. The molecule has 0 saturated heterocycles. The van der Waals surface area contributed by atoms with E-state index < -0.39 is 10.0 Å². The van der Waals surface area contributed by atoms with Crippen molar-refractivity contribution in [3.8, 4) is 0 Å². The molecule has 2 rings (SSSR count). The van der Waals surface area contributed by atoms with E-state index in [2.05, 4.69) is 5.32 Å². The molecule has 1 saturated carbocycles. The molecule has 0 atom stereocenters. The lowest BCUT2D eigenvalue weighted by molar-refractivity contribution is 0.0836. The predicted molar refractivity (Wildman–Crippen MR) is 69.6 cm³/mol. The Hall–Kier alpha value is -1.31. The van der Waals surface area contributed by atoms with Crippen LogP contribution in [0.3, 0.4) is 0 Å². The molecule has 0 aromatic heterocycles. The molecule has 100 valence electrons. The normalized spacial score (nSPS) is 23.5. The molecule has 0 bridgehead atoms. The Morgan fingerprint density at radius 1 is 1.39 bits per heavy atom. The van der Waals surface area contributed by atoms with E-state index in [0.29, 0.717) is 29.8 Å². The van der Waals surface area contributed by atoms with Gasteiger partial charge in [-0.25, -0.2) is 13.6 Å². The minimum Gasteiger partial charge on any atom is -0.399 e. The summed E-state index contributed by atoms with van der Waals surface area (Å²) in [5.74, 6) is 0. The number of aliphatic hydroxyl groups is 1. The summed E-state index contributed by atoms with van der Waals surface area (Å²) in [6, 6.07) is 3.18. The Morgan fingerprint density at radius 3 is 2.50 bits per heavy atom. The van der Waals surface area contributed by atoms with Gasteiger partial charge < -0.3 is 16.2 Å². The van der Waals surface area contributed by atoms with Crippen molar-refractivity contribution in [1.82, 2.24) is 0 Å². The first kappa shape index (κ1) is 13.1. The van der Waals surface area contributed by atoms with Crippen molar-refractivity contribution in [2.45, 2.75) is 36.8 Å². The van der Waals surface area contributed by atoms with Crippen molar-refractivity contribution in [3.05, 3.63) is 17.7 Å². The minimum atomic E-state index is -3.78. The summed E-state index contributed by atoms with van der Waals surface area (Å²) in [4.78, 5) is 0.0323. The predicted octanol–water partition coefficient (Wildman–Crippen LogP) is 0.160. The molecule has 1 aromatic rings. The molecule has 1 fully saturated rings. The summed E-state index contributed by atoms with van der Waals surface area (Å²) >= 11 is 0. The Bertz CT molecular complexity index is 565. The first-order valence-corrected chi connectivity index (χ1v) is 7.19. The van der Waals surface area contributed by atoms with Crippen LogP contribution in [0.25, 0.3) is 0 Å². The summed E-state index contributed by atoms with van der Waals surface area (Å²) in [6.07, 6.45) is 1.03. The summed E-state index contributed by atoms with van der Waals surface area (Å²) in [5.41, 5.74) is 7.22. The Labute approximate surface area is 106 Å². The number of rotatable bonds is 3. The summed E-state index contributed by atoms with van der Waals surface area (Å²) in [5, 5.41) is 17.5. The monoisotopic (exact) mass is 271 g/mol. The van der Waals surface area contributed by atoms with E-state index in [-0.39, 0.29) is 17.0 Å². The Morgan fingerprint density at radius 2 is 2.00 bits per heavy atom. The van der Waals surface area contributed by atoms with E-state index in [1.54, 1.807) is 13.0 Å². The molecule has 1 aliphatic carbocycles. The molecule has 6 N–H and O–H groups in total. The first-order chi connectivity index (χ1) is 8.27. The third kappa shape index (κ3) is 2.58. The van der Waals surface area contributed by atoms with Gasteiger partial charge in [0.15, 0.2) is 0 Å². The molecule has 0 spiro atoms. The fourth-order valence-electron chi connectivity index (χ4n) is 2.08. The van der Waals surface area contributed by atoms with E-state index in [1.807, 2.05) is 0 Å². The minimum absolute atomic E-state index is 0.0323. The lowest BCUT2D eigenvalue weighted by atomic mass is 9.89. The first-order valence-electron chi connectivity index (χ1n) is 5.65. The number of nitrogens with two attached hydrogens (primary N) is 2. The van der Waals surface area contributed by atoms with Gasteiger partial charge in [0.1, 0.15) is 0 Å². The van der Waals surface area contributed by atoms with Gasteiger partial charge in [0.05, 0.1) is 11.0 Å². The SMILES string of the molecule is Cc1c(NC2CC(O)C2)cc(N)cc1S(N)(=O)=O. The van der Waals surface area contributed by atoms with Crippen molar-refractivity contribution >= 4 is 21.4 Å². The molecule has 0 radical (unpaired) electrons. The van der Waals surface area contributed by atoms with E-state index in [4.69, 9.17) is 10.9 Å². The molecular formula is C11H17N3O3S. The maximum absolute atomic E-state index is 11.4. The number of anilines is 2. The van der Waals surface area contributed by atoms with Gasteiger partial charge >= 0.3 is 0 Å². The highest BCUT2D eigenvalue weighted by atomic mass is 32.2. The third-order valence-electron chi connectivity index (χ3n) is 3.16. The van der Waals surface area contributed by atoms with Gasteiger partial charge in [-0.2, -0.15) is 0 Å². The molecule has 18 heavy (non-hydrogen) atoms. The largest absolute Gasteiger partial charge is 0.399 e. The lowest BCUT2D eigenvalue weighted by Gasteiger charge is -2.33. The number of primary sulfonamides is 1. The van der Waals surface area contributed by atoms with E-state index in [1.165, 1.54) is 6.07 Å². The van der Waals surface area contributed by atoms with E-state index >= 15 is 0 Å². The van der Waals surface area contributed by atoms with Crippen molar-refractivity contribution in [2.75, 3.05) is 11.1 Å². The van der Waals surface area contributed by atoms with E-state index in [9.17, 15) is 13.5 Å². The second-order valence-corrected chi connectivity index (χ2v) is 6.23. The van der Waals surface area contributed by atoms with Crippen molar-refractivity contribution in [2.24, 2.45) is 5.14 Å². The van der Waals surface area contributed by atoms with Crippen LogP contribution in [0.2, 0.25) is 0 Å². The molecule has 0 aliphatic heterocycles. The van der Waals surface area contributed by atoms with Crippen LogP contribution in [0.5, 0.6) is 0 Å². The highest BCUT2D eigenvalue weighted by Gasteiger charge is 2.28. The second kappa shape index (κ2) is 4.42. The number of sulfonamides is 1. The standard InChI is InChI=1S/C11H17N3O3S/c1-6-10(14-8-4-9(15)5-8)2-7(12)3-11(6)18(13,16)17/h2-3,8-9,14-15H,4-5,12H2,1H3,(H2,13,16,17). The van der Waals surface area contributed by atoms with Crippen LogP contribution in [0.15, 0.2) is 17.0 Å². The molecule has 0 heterocycles. The quantitative estimate of drug-likeness (QED) is 0.584. The van der Waals surface area contributed by atoms with Crippen molar-refractivity contribution < 1.29 is 13.5 Å². The van der Waals surface area contributed by atoms with E-state index in [0.717, 1.165) is 0 Å². The molecule has 1 aromatic carbocycles. The lowest BCUT2D eigenvalue weighted by Crippen LogP contribution is -2.39. The highest BCUT2D eigenvalue weighted by Crippen LogP contribution is 2.30. The zero-order valence-corrected chi connectivity index (χ0v) is 10.9. The van der Waals surface area contributed by atoms with Gasteiger partial charge in [0.2, 0.25) is 10.0 Å². The fraction of sp³-hybridized carbons (Fsp3) is 0.455. The molecule has 6 nitrogen and oxygen atoms in total. The van der Waals surface area contributed by atoms with Gasteiger partial charge in [-0.3, -0.25) is 0 Å². The van der Waals surface area contributed by atoms with Gasteiger partial charge in [0.25, 0.3) is 0 Å². The third-order valence-corrected chi connectivity index (χ3v) is 4.20. The summed E-state index contributed by atoms with van der Waals surface area (Å²) in [7, 11) is -3.78. The number of aliphatic hydroxyl groups excluding tert-OH is 1. The zero-order chi connectivity index (χ0) is 13.5. The van der Waals surface area contributed by atoms with Crippen molar-refractivity contribution in [3.63, 3.8) is 0 Å². The average Bonchev–Trinajstić information content (AvgIpc) is 2.19. The van der Waals surface area contributed by atoms with Crippen LogP contribution in [0.1, 0.15) is 18.4 Å². The number of nitrogens with one attached hydrogen (secondary N) is 1. The van der Waals surface area contributed by atoms with Gasteiger partial charge in [-0.1, -0.05) is 0 Å². The Balaban J connectivity index is 2.33. The van der Waals surface area contributed by atoms with Crippen LogP contribution in [-0.4, -0.2) is 25.7 Å².